The van der Waals surface area contributed by atoms with Crippen molar-refractivity contribution < 1.29 is 14.3 Å². The van der Waals surface area contributed by atoms with Crippen molar-refractivity contribution in [1.29, 1.82) is 0 Å². The third-order valence-corrected chi connectivity index (χ3v) is 5.08. The zero-order valence-electron chi connectivity index (χ0n) is 17.8. The molecule has 1 atom stereocenters. The molecule has 1 amide bonds. The lowest BCUT2D eigenvalue weighted by molar-refractivity contribution is 0.0458. The summed E-state index contributed by atoms with van der Waals surface area (Å²) in [7, 11) is 1.71. The second-order valence-electron chi connectivity index (χ2n) is 9.18. The fourth-order valence-corrected chi connectivity index (χ4v) is 3.72. The van der Waals surface area contributed by atoms with Crippen molar-refractivity contribution in [2.75, 3.05) is 26.7 Å². The van der Waals surface area contributed by atoms with Crippen LogP contribution in [0.4, 0.5) is 4.79 Å². The molecule has 0 aromatic heterocycles. The van der Waals surface area contributed by atoms with E-state index in [2.05, 4.69) is 36.2 Å². The van der Waals surface area contributed by atoms with Crippen LogP contribution in [-0.2, 0) is 11.2 Å². The summed E-state index contributed by atoms with van der Waals surface area (Å²) in [5.74, 6) is 1.36. The Balaban J connectivity index is 1.90. The van der Waals surface area contributed by atoms with E-state index in [1.165, 1.54) is 5.56 Å². The van der Waals surface area contributed by atoms with Crippen LogP contribution in [0.5, 0.6) is 5.75 Å². The van der Waals surface area contributed by atoms with Gasteiger partial charge in [0.1, 0.15) is 11.4 Å². The van der Waals surface area contributed by atoms with Crippen LogP contribution in [0.2, 0.25) is 0 Å². The number of alkyl carbamates (subject to hydrolysis) is 1. The van der Waals surface area contributed by atoms with Gasteiger partial charge in [0.2, 0.25) is 0 Å². The van der Waals surface area contributed by atoms with Crippen molar-refractivity contribution in [1.82, 2.24) is 10.2 Å². The zero-order chi connectivity index (χ0) is 20.1. The van der Waals surface area contributed by atoms with Gasteiger partial charge in [-0.05, 0) is 84.0 Å². The minimum atomic E-state index is -0.457. The van der Waals surface area contributed by atoms with Crippen molar-refractivity contribution >= 4 is 6.09 Å². The Kier molecular flexibility index (Phi) is 7.15. The van der Waals surface area contributed by atoms with E-state index < -0.39 is 5.60 Å². The second-order valence-corrected chi connectivity index (χ2v) is 9.18. The quantitative estimate of drug-likeness (QED) is 0.806. The van der Waals surface area contributed by atoms with E-state index in [1.807, 2.05) is 32.9 Å². The number of hydrogen-bond acceptors (Lipinski definition) is 4. The molecule has 1 aliphatic rings. The van der Waals surface area contributed by atoms with Crippen LogP contribution in [-0.4, -0.2) is 48.9 Å². The van der Waals surface area contributed by atoms with E-state index in [-0.39, 0.29) is 11.6 Å². The Bertz CT molecular complexity index is 622. The third-order valence-electron chi connectivity index (χ3n) is 5.08. The summed E-state index contributed by atoms with van der Waals surface area (Å²) in [6.45, 7) is 13.0. The summed E-state index contributed by atoms with van der Waals surface area (Å²) >= 11 is 0. The normalized spacial score (nSPS) is 18.8. The predicted molar refractivity (Wildman–Crippen MR) is 109 cm³/mol. The maximum Gasteiger partial charge on any atom is 0.407 e. The van der Waals surface area contributed by atoms with E-state index in [0.29, 0.717) is 12.5 Å². The van der Waals surface area contributed by atoms with Gasteiger partial charge in [0.05, 0.1) is 7.11 Å². The van der Waals surface area contributed by atoms with Crippen molar-refractivity contribution in [2.45, 2.75) is 65.0 Å². The smallest absolute Gasteiger partial charge is 0.407 e. The second kappa shape index (κ2) is 8.96. The lowest BCUT2D eigenvalue weighted by Gasteiger charge is -2.44. The molecule has 0 radical (unpaired) electrons. The van der Waals surface area contributed by atoms with Gasteiger partial charge in [-0.15, -0.1) is 0 Å². The van der Waals surface area contributed by atoms with Crippen LogP contribution in [0.3, 0.4) is 0 Å². The maximum absolute atomic E-state index is 11.9. The highest BCUT2D eigenvalue weighted by atomic mass is 16.6. The number of methoxy groups -OCH3 is 1. The molecule has 1 saturated heterocycles. The summed E-state index contributed by atoms with van der Waals surface area (Å²) < 4.78 is 10.7. The van der Waals surface area contributed by atoms with Crippen LogP contribution in [0.15, 0.2) is 24.3 Å². The molecule has 0 bridgehead atoms. The number of carbonyl (C=O) groups is 1. The molecule has 5 heteroatoms. The number of likely N-dealkylation sites (tertiary alicyclic amines) is 1. The Hall–Kier alpha value is -1.75. The van der Waals surface area contributed by atoms with Gasteiger partial charge in [0.25, 0.3) is 0 Å². The summed E-state index contributed by atoms with van der Waals surface area (Å²) in [5, 5.41) is 2.94. The van der Waals surface area contributed by atoms with Gasteiger partial charge >= 0.3 is 6.09 Å². The maximum atomic E-state index is 11.9. The van der Waals surface area contributed by atoms with Crippen LogP contribution >= 0.6 is 0 Å². The molecule has 1 N–H and O–H groups in total. The monoisotopic (exact) mass is 376 g/mol. The van der Waals surface area contributed by atoms with Crippen LogP contribution in [0, 0.1) is 5.92 Å². The molecule has 1 unspecified atom stereocenters. The largest absolute Gasteiger partial charge is 0.497 e. The first kappa shape index (κ1) is 21.5. The molecule has 1 aliphatic heterocycles. The van der Waals surface area contributed by atoms with Gasteiger partial charge in [-0.25, -0.2) is 4.79 Å². The van der Waals surface area contributed by atoms with E-state index in [9.17, 15) is 4.79 Å². The molecule has 2 rings (SSSR count). The zero-order valence-corrected chi connectivity index (χ0v) is 17.8. The highest BCUT2D eigenvalue weighted by molar-refractivity contribution is 5.67. The first-order chi connectivity index (χ1) is 12.6. The number of amides is 1. The van der Waals surface area contributed by atoms with Crippen molar-refractivity contribution in [3.63, 3.8) is 0 Å². The van der Waals surface area contributed by atoms with E-state index in [4.69, 9.17) is 9.47 Å². The standard InChI is InChI=1S/C22H36N2O3/c1-21(2,3)27-20(25)23-15-18-10-8-12-24(16-18)22(4,5)14-17-9-7-11-19(13-17)26-6/h7,9,11,13,18H,8,10,12,14-16H2,1-6H3,(H,23,25). The first-order valence-corrected chi connectivity index (χ1v) is 9.94. The van der Waals surface area contributed by atoms with Gasteiger partial charge in [-0.2, -0.15) is 0 Å². The molecule has 0 aliphatic carbocycles. The van der Waals surface area contributed by atoms with Crippen LogP contribution < -0.4 is 10.1 Å². The fourth-order valence-electron chi connectivity index (χ4n) is 3.72. The molecule has 0 saturated carbocycles. The topological polar surface area (TPSA) is 50.8 Å². The van der Waals surface area contributed by atoms with Gasteiger partial charge in [0.15, 0.2) is 0 Å². The van der Waals surface area contributed by atoms with E-state index in [1.54, 1.807) is 7.11 Å². The molecule has 0 spiro atoms. The molecule has 1 aromatic rings. The predicted octanol–water partition coefficient (Wildman–Crippen LogP) is 4.25. The Morgan fingerprint density at radius 2 is 2.00 bits per heavy atom. The summed E-state index contributed by atoms with van der Waals surface area (Å²) in [6.07, 6.45) is 2.94. The average molecular weight is 377 g/mol. The van der Waals surface area contributed by atoms with Crippen molar-refractivity contribution in [3.05, 3.63) is 29.8 Å². The van der Waals surface area contributed by atoms with Crippen molar-refractivity contribution in [3.8, 4) is 5.75 Å². The summed E-state index contributed by atoms with van der Waals surface area (Å²) in [5.41, 5.74) is 0.881. The summed E-state index contributed by atoms with van der Waals surface area (Å²) in [6, 6.07) is 8.31. The highest BCUT2D eigenvalue weighted by Gasteiger charge is 2.32. The van der Waals surface area contributed by atoms with Gasteiger partial charge in [-0.3, -0.25) is 4.90 Å². The molecule has 1 aromatic carbocycles. The number of nitrogens with zero attached hydrogens (tertiary/aromatic N) is 1. The SMILES string of the molecule is COc1cccc(CC(C)(C)N2CCCC(CNC(=O)OC(C)(C)C)C2)c1. The van der Waals surface area contributed by atoms with E-state index in [0.717, 1.165) is 38.1 Å². The number of rotatable bonds is 6. The number of hydrogen-bond donors (Lipinski definition) is 1. The Morgan fingerprint density at radius 3 is 2.67 bits per heavy atom. The lowest BCUT2D eigenvalue weighted by atomic mass is 9.88. The molecule has 27 heavy (non-hydrogen) atoms. The summed E-state index contributed by atoms with van der Waals surface area (Å²) in [4.78, 5) is 14.5. The van der Waals surface area contributed by atoms with E-state index >= 15 is 0 Å². The number of piperidine rings is 1. The van der Waals surface area contributed by atoms with Gasteiger partial charge < -0.3 is 14.8 Å². The molecular formula is C22H36N2O3. The fraction of sp³-hybridized carbons (Fsp3) is 0.682. The number of carbonyl (C=O) groups excluding carboxylic acids is 1. The molecular weight excluding hydrogens is 340 g/mol. The molecule has 1 fully saturated rings. The van der Waals surface area contributed by atoms with Gasteiger partial charge in [0, 0.05) is 18.6 Å². The molecule has 1 heterocycles. The average Bonchev–Trinajstić information content (AvgIpc) is 2.58. The minimum Gasteiger partial charge on any atom is -0.497 e. The van der Waals surface area contributed by atoms with Crippen LogP contribution in [0.25, 0.3) is 0 Å². The molecule has 5 nitrogen and oxygen atoms in total. The number of ether oxygens (including phenoxy) is 2. The van der Waals surface area contributed by atoms with Gasteiger partial charge in [-0.1, -0.05) is 12.1 Å². The minimum absolute atomic E-state index is 0.0525. The lowest BCUT2D eigenvalue weighted by Crippen LogP contribution is -2.52. The van der Waals surface area contributed by atoms with Crippen LogP contribution in [0.1, 0.15) is 53.0 Å². The first-order valence-electron chi connectivity index (χ1n) is 9.94. The highest BCUT2D eigenvalue weighted by Crippen LogP contribution is 2.28. The third kappa shape index (κ3) is 7.06. The number of nitrogens with one attached hydrogen (secondary N) is 1. The molecule has 152 valence electrons. The Labute approximate surface area is 164 Å². The Morgan fingerprint density at radius 1 is 1.26 bits per heavy atom. The van der Waals surface area contributed by atoms with Crippen molar-refractivity contribution in [2.24, 2.45) is 5.92 Å². The number of benzene rings is 1.